The van der Waals surface area contributed by atoms with Crippen LogP contribution in [0.3, 0.4) is 0 Å². The van der Waals surface area contributed by atoms with Crippen molar-refractivity contribution in [1.82, 2.24) is 9.97 Å². The second-order valence-corrected chi connectivity index (χ2v) is 9.29. The molecule has 0 saturated carbocycles. The largest absolute Gasteiger partial charge is 0.481 e. The molecule has 0 radical (unpaired) electrons. The number of carbonyl (C=O) groups excluding carboxylic acids is 1. The molecular formula is C29H33N5O4. The van der Waals surface area contributed by atoms with Crippen LogP contribution >= 0.6 is 0 Å². The lowest BCUT2D eigenvalue weighted by Crippen LogP contribution is -2.30. The molecule has 3 aromatic rings. The number of benzene rings is 2. The van der Waals surface area contributed by atoms with E-state index in [4.69, 9.17) is 14.7 Å². The van der Waals surface area contributed by atoms with Gasteiger partial charge in [-0.3, -0.25) is 9.59 Å². The summed E-state index contributed by atoms with van der Waals surface area (Å²) in [4.78, 5) is 37.5. The molecule has 38 heavy (non-hydrogen) atoms. The number of hydrogen-bond donors (Lipinski definition) is 2. The van der Waals surface area contributed by atoms with Crippen LogP contribution in [0.5, 0.6) is 0 Å². The van der Waals surface area contributed by atoms with Gasteiger partial charge in [-0.25, -0.2) is 9.97 Å². The van der Waals surface area contributed by atoms with E-state index < -0.39 is 5.97 Å². The van der Waals surface area contributed by atoms with E-state index in [-0.39, 0.29) is 12.3 Å². The summed E-state index contributed by atoms with van der Waals surface area (Å²) in [5.74, 6) is 0.728. The van der Waals surface area contributed by atoms with Crippen LogP contribution < -0.4 is 15.1 Å². The Morgan fingerprint density at radius 1 is 1.05 bits per heavy atom. The fourth-order valence-electron chi connectivity index (χ4n) is 4.29. The molecule has 2 aromatic carbocycles. The molecule has 1 aliphatic heterocycles. The van der Waals surface area contributed by atoms with E-state index in [0.717, 1.165) is 24.1 Å². The van der Waals surface area contributed by atoms with Crippen molar-refractivity contribution in [2.24, 2.45) is 0 Å². The first-order chi connectivity index (χ1) is 18.4. The first-order valence-corrected chi connectivity index (χ1v) is 12.6. The third kappa shape index (κ3) is 7.39. The average molecular weight is 516 g/mol. The van der Waals surface area contributed by atoms with Crippen LogP contribution in [-0.4, -0.2) is 67.3 Å². The number of carboxylic acid groups (broad SMARTS) is 1. The summed E-state index contributed by atoms with van der Waals surface area (Å²) >= 11 is 0. The molecule has 2 N–H and O–H groups in total. The Balaban J connectivity index is 1.53. The summed E-state index contributed by atoms with van der Waals surface area (Å²) in [5.41, 5.74) is 3.23. The lowest BCUT2D eigenvalue weighted by Gasteiger charge is -2.27. The third-order valence-electron chi connectivity index (χ3n) is 6.09. The highest BCUT2D eigenvalue weighted by atomic mass is 16.5. The maximum Gasteiger partial charge on any atom is 0.308 e. The van der Waals surface area contributed by atoms with Crippen LogP contribution in [0.2, 0.25) is 0 Å². The van der Waals surface area contributed by atoms with E-state index in [0.29, 0.717) is 54.9 Å². The zero-order valence-electron chi connectivity index (χ0n) is 21.8. The van der Waals surface area contributed by atoms with Crippen LogP contribution in [0, 0.1) is 0 Å². The smallest absolute Gasteiger partial charge is 0.308 e. The molecular weight excluding hydrogens is 482 g/mol. The van der Waals surface area contributed by atoms with Crippen molar-refractivity contribution in [1.29, 1.82) is 0 Å². The highest BCUT2D eigenvalue weighted by Gasteiger charge is 2.23. The zero-order valence-corrected chi connectivity index (χ0v) is 21.8. The molecule has 0 unspecified atom stereocenters. The van der Waals surface area contributed by atoms with Crippen LogP contribution in [-0.2, 0) is 27.2 Å². The second kappa shape index (κ2) is 12.8. The van der Waals surface area contributed by atoms with E-state index in [1.165, 1.54) is 6.08 Å². The molecule has 4 rings (SSSR count). The zero-order chi connectivity index (χ0) is 26.9. The minimum Gasteiger partial charge on any atom is -0.481 e. The number of anilines is 3. The molecule has 0 atom stereocenters. The van der Waals surface area contributed by atoms with Crippen molar-refractivity contribution >= 4 is 35.3 Å². The van der Waals surface area contributed by atoms with E-state index in [2.05, 4.69) is 10.2 Å². The monoisotopic (exact) mass is 515 g/mol. The Hall–Kier alpha value is -4.24. The predicted molar refractivity (Wildman–Crippen MR) is 149 cm³/mol. The number of rotatable bonds is 9. The van der Waals surface area contributed by atoms with Gasteiger partial charge in [0, 0.05) is 57.5 Å². The fourth-order valence-corrected chi connectivity index (χ4v) is 4.29. The lowest BCUT2D eigenvalue weighted by molar-refractivity contribution is -0.136. The number of carbonyl (C=O) groups is 2. The Bertz CT molecular complexity index is 1270. The number of aromatic nitrogens is 2. The normalized spacial score (nSPS) is 13.8. The van der Waals surface area contributed by atoms with Gasteiger partial charge in [-0.2, -0.15) is 0 Å². The third-order valence-corrected chi connectivity index (χ3v) is 6.09. The Labute approximate surface area is 222 Å². The number of amides is 1. The van der Waals surface area contributed by atoms with E-state index in [1.807, 2.05) is 73.6 Å². The number of aliphatic carboxylic acids is 1. The van der Waals surface area contributed by atoms with Crippen molar-refractivity contribution in [3.8, 4) is 0 Å². The second-order valence-electron chi connectivity index (χ2n) is 9.29. The Kier molecular flexibility index (Phi) is 9.05. The number of hydrogen-bond acceptors (Lipinski definition) is 7. The predicted octanol–water partition coefficient (Wildman–Crippen LogP) is 3.64. The number of nitrogens with one attached hydrogen (secondary N) is 1. The average Bonchev–Trinajstić information content (AvgIpc) is 3.19. The van der Waals surface area contributed by atoms with E-state index in [9.17, 15) is 14.7 Å². The van der Waals surface area contributed by atoms with Gasteiger partial charge in [-0.05, 0) is 35.8 Å². The van der Waals surface area contributed by atoms with Crippen molar-refractivity contribution < 1.29 is 19.4 Å². The molecule has 1 aromatic heterocycles. The first-order valence-electron chi connectivity index (χ1n) is 12.6. The molecule has 0 bridgehead atoms. The van der Waals surface area contributed by atoms with Crippen LogP contribution in [0.25, 0.3) is 6.08 Å². The van der Waals surface area contributed by atoms with Crippen molar-refractivity contribution in [3.63, 3.8) is 0 Å². The first kappa shape index (κ1) is 26.8. The highest BCUT2D eigenvalue weighted by Crippen LogP contribution is 2.29. The fraction of sp³-hybridized carbons (Fsp3) is 0.310. The maximum atomic E-state index is 12.3. The number of carboxylic acids is 1. The summed E-state index contributed by atoms with van der Waals surface area (Å²) < 4.78 is 5.60. The summed E-state index contributed by atoms with van der Waals surface area (Å²) in [5, 5.41) is 12.5. The van der Waals surface area contributed by atoms with Gasteiger partial charge in [0.25, 0.3) is 0 Å². The summed E-state index contributed by atoms with van der Waals surface area (Å²) in [7, 11) is 3.72. The summed E-state index contributed by atoms with van der Waals surface area (Å²) in [6, 6.07) is 17.2. The SMILES string of the molecule is CN(C)c1nc(Cc2ccc(NC(=O)/C=C/c3ccccc3)cc2)nc(N2CCCOCC2)c1CC(=O)O. The van der Waals surface area contributed by atoms with Crippen LogP contribution in [0.15, 0.2) is 60.7 Å². The number of nitrogens with zero attached hydrogens (tertiary/aromatic N) is 4. The van der Waals surface area contributed by atoms with Crippen molar-refractivity contribution in [3.05, 3.63) is 83.2 Å². The highest BCUT2D eigenvalue weighted by molar-refractivity contribution is 6.01. The molecule has 9 nitrogen and oxygen atoms in total. The molecule has 0 aliphatic carbocycles. The molecule has 1 amide bonds. The summed E-state index contributed by atoms with van der Waals surface area (Å²) in [6.45, 7) is 2.62. The van der Waals surface area contributed by atoms with Gasteiger partial charge in [-0.15, -0.1) is 0 Å². The van der Waals surface area contributed by atoms with Crippen LogP contribution in [0.1, 0.15) is 28.9 Å². The topological polar surface area (TPSA) is 108 Å². The minimum atomic E-state index is -0.923. The van der Waals surface area contributed by atoms with E-state index >= 15 is 0 Å². The maximum absolute atomic E-state index is 12.3. The molecule has 198 valence electrons. The lowest BCUT2D eigenvalue weighted by atomic mass is 10.1. The Morgan fingerprint density at radius 3 is 2.53 bits per heavy atom. The minimum absolute atomic E-state index is 0.159. The summed E-state index contributed by atoms with van der Waals surface area (Å²) in [6.07, 6.45) is 4.43. The molecule has 1 saturated heterocycles. The standard InChI is InChI=1S/C29H33N5O4/c1-33(2)28-24(20-27(36)37)29(34-15-6-17-38-18-16-34)32-25(31-28)19-22-9-12-23(13-10-22)30-26(35)14-11-21-7-4-3-5-8-21/h3-5,7-14H,6,15-20H2,1-2H3,(H,30,35)(H,36,37)/b14-11+. The van der Waals surface area contributed by atoms with Gasteiger partial charge < -0.3 is 25.0 Å². The van der Waals surface area contributed by atoms with Gasteiger partial charge >= 0.3 is 5.97 Å². The quantitative estimate of drug-likeness (QED) is 0.416. The van der Waals surface area contributed by atoms with Crippen LogP contribution in [0.4, 0.5) is 17.3 Å². The Morgan fingerprint density at radius 2 is 1.82 bits per heavy atom. The van der Waals surface area contributed by atoms with Gasteiger partial charge in [-0.1, -0.05) is 42.5 Å². The van der Waals surface area contributed by atoms with Gasteiger partial charge in [0.2, 0.25) is 5.91 Å². The molecule has 1 aliphatic rings. The van der Waals surface area contributed by atoms with E-state index in [1.54, 1.807) is 6.08 Å². The van der Waals surface area contributed by atoms with Gasteiger partial charge in [0.05, 0.1) is 13.0 Å². The molecule has 9 heteroatoms. The van der Waals surface area contributed by atoms with Crippen molar-refractivity contribution in [2.45, 2.75) is 19.3 Å². The van der Waals surface area contributed by atoms with Gasteiger partial charge in [0.15, 0.2) is 0 Å². The molecule has 2 heterocycles. The number of ether oxygens (including phenoxy) is 1. The molecule has 1 fully saturated rings. The van der Waals surface area contributed by atoms with Crippen molar-refractivity contribution in [2.75, 3.05) is 55.5 Å². The van der Waals surface area contributed by atoms with Gasteiger partial charge in [0.1, 0.15) is 17.5 Å². The molecule has 0 spiro atoms.